The number of unbranched alkanes of at least 4 members (excludes halogenated alkanes) is 1. The Hall–Kier alpha value is -0.530. The molecule has 0 aromatic carbocycles. The van der Waals surface area contributed by atoms with Crippen molar-refractivity contribution in [2.45, 2.75) is 71.6 Å². The fourth-order valence-corrected chi connectivity index (χ4v) is 2.61. The van der Waals surface area contributed by atoms with Crippen LogP contribution in [-0.2, 0) is 9.53 Å². The van der Waals surface area contributed by atoms with E-state index in [1.165, 1.54) is 32.1 Å². The van der Waals surface area contributed by atoms with E-state index >= 15 is 0 Å². The average molecular weight is 240 g/mol. The van der Waals surface area contributed by atoms with Crippen molar-refractivity contribution in [3.8, 4) is 0 Å². The van der Waals surface area contributed by atoms with E-state index in [1.807, 2.05) is 0 Å². The highest BCUT2D eigenvalue weighted by molar-refractivity contribution is 5.72. The van der Waals surface area contributed by atoms with Crippen LogP contribution in [0.4, 0.5) is 0 Å². The number of esters is 1. The van der Waals surface area contributed by atoms with Gasteiger partial charge in [-0.1, -0.05) is 46.0 Å². The number of ether oxygens (including phenoxy) is 1. The van der Waals surface area contributed by atoms with E-state index in [0.29, 0.717) is 12.5 Å². The number of carbonyl (C=O) groups is 1. The van der Waals surface area contributed by atoms with Crippen molar-refractivity contribution in [2.75, 3.05) is 6.61 Å². The first-order chi connectivity index (χ1) is 8.27. The zero-order chi connectivity index (χ0) is 12.5. The fraction of sp³-hybridized carbons (Fsp3) is 0.933. The minimum Gasteiger partial charge on any atom is -0.465 e. The minimum atomic E-state index is 0.0477. The molecule has 0 bridgehead atoms. The molecule has 0 radical (unpaired) electrons. The van der Waals surface area contributed by atoms with E-state index in [4.69, 9.17) is 4.74 Å². The van der Waals surface area contributed by atoms with Gasteiger partial charge in [-0.2, -0.15) is 0 Å². The molecule has 1 rings (SSSR count). The molecule has 1 aliphatic carbocycles. The van der Waals surface area contributed by atoms with E-state index in [2.05, 4.69) is 13.8 Å². The van der Waals surface area contributed by atoms with Crippen LogP contribution in [0.3, 0.4) is 0 Å². The lowest BCUT2D eigenvalue weighted by atomic mass is 9.90. The molecule has 0 heterocycles. The average Bonchev–Trinajstić information content (AvgIpc) is 2.38. The summed E-state index contributed by atoms with van der Waals surface area (Å²) in [4.78, 5) is 11.9. The van der Waals surface area contributed by atoms with Gasteiger partial charge in [0.05, 0.1) is 12.5 Å². The Bertz CT molecular complexity index is 207. The molecule has 1 unspecified atom stereocenters. The summed E-state index contributed by atoms with van der Waals surface area (Å²) in [7, 11) is 0. The van der Waals surface area contributed by atoms with E-state index in [9.17, 15) is 4.79 Å². The lowest BCUT2D eigenvalue weighted by Gasteiger charge is -2.22. The summed E-state index contributed by atoms with van der Waals surface area (Å²) in [6, 6.07) is 0. The summed E-state index contributed by atoms with van der Waals surface area (Å²) in [6.45, 7) is 4.92. The molecule has 1 saturated carbocycles. The molecule has 2 heteroatoms. The van der Waals surface area contributed by atoms with Crippen LogP contribution >= 0.6 is 0 Å². The second-order valence-corrected chi connectivity index (χ2v) is 5.38. The molecule has 0 N–H and O–H groups in total. The smallest absolute Gasteiger partial charge is 0.308 e. The van der Waals surface area contributed by atoms with Gasteiger partial charge in [0, 0.05) is 0 Å². The van der Waals surface area contributed by atoms with Crippen LogP contribution in [0.5, 0.6) is 0 Å². The Kier molecular flexibility index (Phi) is 7.30. The van der Waals surface area contributed by atoms with Crippen LogP contribution in [0, 0.1) is 11.8 Å². The second-order valence-electron chi connectivity index (χ2n) is 5.38. The Morgan fingerprint density at radius 1 is 1.24 bits per heavy atom. The van der Waals surface area contributed by atoms with Gasteiger partial charge in [0.25, 0.3) is 0 Å². The predicted molar refractivity (Wildman–Crippen MR) is 70.8 cm³/mol. The summed E-state index contributed by atoms with van der Waals surface area (Å²) >= 11 is 0. The monoisotopic (exact) mass is 240 g/mol. The second kappa shape index (κ2) is 8.54. The molecule has 1 atom stereocenters. The SMILES string of the molecule is CCCCC(CC)C(=O)OCC1CCCCC1. The van der Waals surface area contributed by atoms with Crippen LogP contribution in [0.25, 0.3) is 0 Å². The van der Waals surface area contributed by atoms with Crippen molar-refractivity contribution >= 4 is 5.97 Å². The maximum atomic E-state index is 11.9. The van der Waals surface area contributed by atoms with Gasteiger partial charge in [0.15, 0.2) is 0 Å². The van der Waals surface area contributed by atoms with Gasteiger partial charge in [-0.15, -0.1) is 0 Å². The molecule has 1 aliphatic rings. The molecular formula is C15H28O2. The summed E-state index contributed by atoms with van der Waals surface area (Å²) in [5.74, 6) is 0.821. The van der Waals surface area contributed by atoms with Crippen molar-refractivity contribution in [3.63, 3.8) is 0 Å². The minimum absolute atomic E-state index is 0.0477. The maximum absolute atomic E-state index is 11.9. The van der Waals surface area contributed by atoms with Crippen molar-refractivity contribution in [2.24, 2.45) is 11.8 Å². The molecule has 2 nitrogen and oxygen atoms in total. The number of hydrogen-bond acceptors (Lipinski definition) is 2. The first kappa shape index (κ1) is 14.5. The highest BCUT2D eigenvalue weighted by atomic mass is 16.5. The molecule has 100 valence electrons. The third kappa shape index (κ3) is 5.56. The number of hydrogen-bond donors (Lipinski definition) is 0. The summed E-state index contributed by atoms with van der Waals surface area (Å²) in [5, 5.41) is 0. The van der Waals surface area contributed by atoms with Gasteiger partial charge < -0.3 is 4.74 Å². The largest absolute Gasteiger partial charge is 0.465 e. The van der Waals surface area contributed by atoms with Crippen molar-refractivity contribution in [3.05, 3.63) is 0 Å². The topological polar surface area (TPSA) is 26.3 Å². The third-order valence-corrected chi connectivity index (χ3v) is 3.92. The third-order valence-electron chi connectivity index (χ3n) is 3.92. The molecule has 0 aromatic heterocycles. The predicted octanol–water partition coefficient (Wildman–Crippen LogP) is 4.33. The zero-order valence-corrected chi connectivity index (χ0v) is 11.5. The Labute approximate surface area is 106 Å². The van der Waals surface area contributed by atoms with Crippen LogP contribution < -0.4 is 0 Å². The Morgan fingerprint density at radius 2 is 1.94 bits per heavy atom. The lowest BCUT2D eigenvalue weighted by molar-refractivity contribution is -0.150. The van der Waals surface area contributed by atoms with Crippen molar-refractivity contribution in [1.29, 1.82) is 0 Å². The van der Waals surface area contributed by atoms with E-state index in [-0.39, 0.29) is 11.9 Å². The van der Waals surface area contributed by atoms with Crippen LogP contribution in [0.1, 0.15) is 71.6 Å². The molecule has 0 aromatic rings. The highest BCUT2D eigenvalue weighted by Crippen LogP contribution is 2.24. The number of rotatable bonds is 7. The Morgan fingerprint density at radius 3 is 2.53 bits per heavy atom. The first-order valence-corrected chi connectivity index (χ1v) is 7.44. The molecular weight excluding hydrogens is 212 g/mol. The summed E-state index contributed by atoms with van der Waals surface area (Å²) < 4.78 is 5.49. The molecule has 0 aliphatic heterocycles. The van der Waals surface area contributed by atoms with Crippen LogP contribution in [0.2, 0.25) is 0 Å². The highest BCUT2D eigenvalue weighted by Gasteiger charge is 2.20. The molecule has 0 amide bonds. The van der Waals surface area contributed by atoms with Gasteiger partial charge in [-0.25, -0.2) is 0 Å². The van der Waals surface area contributed by atoms with E-state index in [0.717, 1.165) is 25.7 Å². The van der Waals surface area contributed by atoms with Gasteiger partial charge in [0.1, 0.15) is 0 Å². The quantitative estimate of drug-likeness (QED) is 0.619. The van der Waals surface area contributed by atoms with Crippen LogP contribution in [-0.4, -0.2) is 12.6 Å². The summed E-state index contributed by atoms with van der Waals surface area (Å²) in [6.07, 6.45) is 10.7. The normalized spacial score (nSPS) is 18.9. The Balaban J connectivity index is 2.21. The lowest BCUT2D eigenvalue weighted by Crippen LogP contribution is -2.22. The molecule has 17 heavy (non-hydrogen) atoms. The van der Waals surface area contributed by atoms with E-state index in [1.54, 1.807) is 0 Å². The standard InChI is InChI=1S/C15H28O2/c1-3-5-11-14(4-2)15(16)17-12-13-9-7-6-8-10-13/h13-14H,3-12H2,1-2H3. The number of carbonyl (C=O) groups excluding carboxylic acids is 1. The molecule has 0 spiro atoms. The van der Waals surface area contributed by atoms with Gasteiger partial charge in [-0.05, 0) is 31.6 Å². The molecule has 1 fully saturated rings. The zero-order valence-electron chi connectivity index (χ0n) is 11.5. The van der Waals surface area contributed by atoms with Crippen molar-refractivity contribution in [1.82, 2.24) is 0 Å². The van der Waals surface area contributed by atoms with E-state index < -0.39 is 0 Å². The van der Waals surface area contributed by atoms with Gasteiger partial charge in [0.2, 0.25) is 0 Å². The van der Waals surface area contributed by atoms with Gasteiger partial charge >= 0.3 is 5.97 Å². The summed E-state index contributed by atoms with van der Waals surface area (Å²) in [5.41, 5.74) is 0. The van der Waals surface area contributed by atoms with Crippen molar-refractivity contribution < 1.29 is 9.53 Å². The fourth-order valence-electron chi connectivity index (χ4n) is 2.61. The van der Waals surface area contributed by atoms with Crippen LogP contribution in [0.15, 0.2) is 0 Å². The first-order valence-electron chi connectivity index (χ1n) is 7.44. The van der Waals surface area contributed by atoms with Gasteiger partial charge in [-0.3, -0.25) is 4.79 Å². The maximum Gasteiger partial charge on any atom is 0.308 e. The molecule has 0 saturated heterocycles.